The lowest BCUT2D eigenvalue weighted by molar-refractivity contribution is -0.115. The van der Waals surface area contributed by atoms with Crippen molar-refractivity contribution < 1.29 is 9.18 Å². The van der Waals surface area contributed by atoms with E-state index in [1.54, 1.807) is 13.1 Å². The maximum atomic E-state index is 13.5. The van der Waals surface area contributed by atoms with Crippen LogP contribution in [0.1, 0.15) is 18.1 Å². The average molecular weight is 395 g/mol. The molecule has 0 radical (unpaired) electrons. The minimum atomic E-state index is -0.251. The minimum Gasteiger partial charge on any atom is -0.361 e. The molecule has 1 amide bonds. The molecule has 7 heteroatoms. The molecular formula is C22H26FN5O. The van der Waals surface area contributed by atoms with Crippen molar-refractivity contribution >= 4 is 28.5 Å². The largest absolute Gasteiger partial charge is 0.361 e. The van der Waals surface area contributed by atoms with Crippen LogP contribution in [0.5, 0.6) is 0 Å². The number of carbonyl (C=O) groups excluding carboxylic acids is 1. The molecule has 3 rings (SSSR count). The summed E-state index contributed by atoms with van der Waals surface area (Å²) in [6.07, 6.45) is 3.50. The van der Waals surface area contributed by atoms with Crippen LogP contribution in [0, 0.1) is 5.82 Å². The molecule has 152 valence electrons. The number of hydrogen-bond acceptors (Lipinski definition) is 2. The van der Waals surface area contributed by atoms with Gasteiger partial charge in [0.15, 0.2) is 5.96 Å². The lowest BCUT2D eigenvalue weighted by Crippen LogP contribution is -2.42. The third kappa shape index (κ3) is 5.57. The molecule has 0 aliphatic heterocycles. The van der Waals surface area contributed by atoms with Gasteiger partial charge in [-0.3, -0.25) is 9.79 Å². The van der Waals surface area contributed by atoms with Crippen LogP contribution in [0.4, 0.5) is 10.1 Å². The van der Waals surface area contributed by atoms with Crippen LogP contribution in [0.3, 0.4) is 0 Å². The fraction of sp³-hybridized carbons (Fsp3) is 0.273. The second-order valence-electron chi connectivity index (χ2n) is 6.71. The van der Waals surface area contributed by atoms with Gasteiger partial charge in [-0.05, 0) is 54.3 Å². The highest BCUT2D eigenvalue weighted by molar-refractivity contribution is 5.95. The van der Waals surface area contributed by atoms with Crippen LogP contribution in [0.2, 0.25) is 0 Å². The van der Waals surface area contributed by atoms with Gasteiger partial charge in [-0.15, -0.1) is 0 Å². The fourth-order valence-corrected chi connectivity index (χ4v) is 3.13. The standard InChI is InChI=1S/C22H26FN5O/c1-3-15-5-4-6-18(11-15)28-21(29)14-27-22(24-2)25-10-9-16-13-26-20-8-7-17(23)12-19(16)20/h4-8,11-13,26H,3,9-10,14H2,1-2H3,(H,28,29)(H2,24,25,27). The van der Waals surface area contributed by atoms with Gasteiger partial charge in [0, 0.05) is 36.4 Å². The molecule has 6 nitrogen and oxygen atoms in total. The number of nitrogens with zero attached hydrogens (tertiary/aromatic N) is 1. The number of anilines is 1. The molecule has 0 unspecified atom stereocenters. The summed E-state index contributed by atoms with van der Waals surface area (Å²) in [4.78, 5) is 19.5. The Labute approximate surface area is 169 Å². The van der Waals surface area contributed by atoms with Crippen molar-refractivity contribution in [3.8, 4) is 0 Å². The molecule has 0 spiro atoms. The summed E-state index contributed by atoms with van der Waals surface area (Å²) >= 11 is 0. The first kappa shape index (κ1) is 20.4. The maximum absolute atomic E-state index is 13.5. The molecule has 1 heterocycles. The molecule has 1 aromatic heterocycles. The van der Waals surface area contributed by atoms with E-state index < -0.39 is 0 Å². The smallest absolute Gasteiger partial charge is 0.243 e. The first-order valence-electron chi connectivity index (χ1n) is 9.68. The maximum Gasteiger partial charge on any atom is 0.243 e. The van der Waals surface area contributed by atoms with Crippen molar-refractivity contribution in [3.63, 3.8) is 0 Å². The molecular weight excluding hydrogens is 369 g/mol. The number of nitrogens with one attached hydrogen (secondary N) is 4. The van der Waals surface area contributed by atoms with Gasteiger partial charge < -0.3 is 20.9 Å². The lowest BCUT2D eigenvalue weighted by atomic mass is 10.1. The van der Waals surface area contributed by atoms with E-state index in [0.29, 0.717) is 18.9 Å². The van der Waals surface area contributed by atoms with E-state index in [2.05, 4.69) is 32.9 Å². The predicted octanol–water partition coefficient (Wildman–Crippen LogP) is 3.22. The van der Waals surface area contributed by atoms with E-state index in [1.165, 1.54) is 17.7 Å². The Hall–Kier alpha value is -3.35. The molecule has 29 heavy (non-hydrogen) atoms. The molecule has 0 bridgehead atoms. The molecule has 0 aliphatic carbocycles. The lowest BCUT2D eigenvalue weighted by Gasteiger charge is -2.12. The third-order valence-electron chi connectivity index (χ3n) is 4.68. The molecule has 0 saturated heterocycles. The van der Waals surface area contributed by atoms with Crippen LogP contribution in [0.15, 0.2) is 53.7 Å². The Morgan fingerprint density at radius 1 is 1.17 bits per heavy atom. The Balaban J connectivity index is 1.46. The summed E-state index contributed by atoms with van der Waals surface area (Å²) in [6.45, 7) is 2.78. The SMILES string of the molecule is CCc1cccc(NC(=O)CNC(=NC)NCCc2c[nH]c3ccc(F)cc23)c1. The van der Waals surface area contributed by atoms with Gasteiger partial charge in [0.25, 0.3) is 0 Å². The fourth-order valence-electron chi connectivity index (χ4n) is 3.13. The van der Waals surface area contributed by atoms with Gasteiger partial charge in [0.05, 0.1) is 6.54 Å². The number of H-pyrrole nitrogens is 1. The number of guanidine groups is 1. The van der Waals surface area contributed by atoms with Gasteiger partial charge in [0.2, 0.25) is 5.91 Å². The Morgan fingerprint density at radius 3 is 2.83 bits per heavy atom. The van der Waals surface area contributed by atoms with Crippen LogP contribution in [0.25, 0.3) is 10.9 Å². The number of aromatic nitrogens is 1. The van der Waals surface area contributed by atoms with Gasteiger partial charge in [-0.25, -0.2) is 4.39 Å². The summed E-state index contributed by atoms with van der Waals surface area (Å²) in [7, 11) is 1.65. The monoisotopic (exact) mass is 395 g/mol. The highest BCUT2D eigenvalue weighted by atomic mass is 19.1. The van der Waals surface area contributed by atoms with Crippen molar-refractivity contribution in [2.45, 2.75) is 19.8 Å². The molecule has 0 fully saturated rings. The van der Waals surface area contributed by atoms with E-state index >= 15 is 0 Å². The average Bonchev–Trinajstić information content (AvgIpc) is 3.12. The molecule has 0 atom stereocenters. The summed E-state index contributed by atoms with van der Waals surface area (Å²) in [5.74, 6) is 0.140. The second-order valence-corrected chi connectivity index (χ2v) is 6.71. The number of halogens is 1. The van der Waals surface area contributed by atoms with Crippen molar-refractivity contribution in [1.82, 2.24) is 15.6 Å². The summed E-state index contributed by atoms with van der Waals surface area (Å²) < 4.78 is 13.5. The zero-order chi connectivity index (χ0) is 20.6. The van der Waals surface area contributed by atoms with Crippen molar-refractivity contribution in [1.29, 1.82) is 0 Å². The van der Waals surface area contributed by atoms with Crippen LogP contribution in [-0.2, 0) is 17.6 Å². The zero-order valence-corrected chi connectivity index (χ0v) is 16.7. The van der Waals surface area contributed by atoms with Gasteiger partial charge in [-0.2, -0.15) is 0 Å². The molecule has 2 aromatic carbocycles. The van der Waals surface area contributed by atoms with Gasteiger partial charge >= 0.3 is 0 Å². The van der Waals surface area contributed by atoms with Gasteiger partial charge in [0.1, 0.15) is 5.82 Å². The van der Waals surface area contributed by atoms with Gasteiger partial charge in [-0.1, -0.05) is 19.1 Å². The number of fused-ring (bicyclic) bond motifs is 1. The topological polar surface area (TPSA) is 81.3 Å². The molecule has 3 aromatic rings. The normalized spacial score (nSPS) is 11.5. The van der Waals surface area contributed by atoms with E-state index in [-0.39, 0.29) is 18.3 Å². The molecule has 0 aliphatic rings. The summed E-state index contributed by atoms with van der Waals surface area (Å²) in [5.41, 5.74) is 3.89. The number of hydrogen-bond donors (Lipinski definition) is 4. The minimum absolute atomic E-state index is 0.105. The van der Waals surface area contributed by atoms with Crippen LogP contribution >= 0.6 is 0 Å². The number of amides is 1. The number of rotatable bonds is 7. The van der Waals surface area contributed by atoms with Crippen LogP contribution in [-0.4, -0.2) is 37.0 Å². The number of carbonyl (C=O) groups is 1. The number of aliphatic imine (C=N–C) groups is 1. The molecule has 4 N–H and O–H groups in total. The summed E-state index contributed by atoms with van der Waals surface area (Å²) in [5, 5.41) is 9.93. The Kier molecular flexibility index (Phi) is 6.84. The van der Waals surface area contributed by atoms with E-state index in [0.717, 1.165) is 28.6 Å². The Morgan fingerprint density at radius 2 is 2.03 bits per heavy atom. The van der Waals surface area contributed by atoms with Crippen molar-refractivity contribution in [2.24, 2.45) is 4.99 Å². The predicted molar refractivity (Wildman–Crippen MR) is 116 cm³/mol. The first-order valence-corrected chi connectivity index (χ1v) is 9.68. The summed E-state index contributed by atoms with van der Waals surface area (Å²) in [6, 6.07) is 12.5. The van der Waals surface area contributed by atoms with Crippen molar-refractivity contribution in [2.75, 3.05) is 25.5 Å². The number of aromatic amines is 1. The quantitative estimate of drug-likeness (QED) is 0.366. The van der Waals surface area contributed by atoms with Crippen LogP contribution < -0.4 is 16.0 Å². The number of benzene rings is 2. The zero-order valence-electron chi connectivity index (χ0n) is 16.7. The van der Waals surface area contributed by atoms with Crippen molar-refractivity contribution in [3.05, 3.63) is 65.6 Å². The highest BCUT2D eigenvalue weighted by Crippen LogP contribution is 2.19. The second kappa shape index (κ2) is 9.73. The first-order chi connectivity index (χ1) is 14.1. The Bertz CT molecular complexity index is 1010. The van der Waals surface area contributed by atoms with E-state index in [1.807, 2.05) is 30.5 Å². The van der Waals surface area contributed by atoms with E-state index in [9.17, 15) is 9.18 Å². The molecule has 0 saturated carbocycles. The number of aryl methyl sites for hydroxylation is 1. The van der Waals surface area contributed by atoms with E-state index in [4.69, 9.17) is 0 Å². The third-order valence-corrected chi connectivity index (χ3v) is 4.68. The highest BCUT2D eigenvalue weighted by Gasteiger charge is 2.07.